The molecule has 0 radical (unpaired) electrons. The number of benzene rings is 3. The van der Waals surface area contributed by atoms with E-state index in [-0.39, 0.29) is 28.0 Å². The molecule has 53 heavy (non-hydrogen) atoms. The summed E-state index contributed by atoms with van der Waals surface area (Å²) in [6, 6.07) is 20.0. The van der Waals surface area contributed by atoms with Crippen molar-refractivity contribution in [2.45, 2.75) is 61.8 Å². The number of imidazole rings is 1. The summed E-state index contributed by atoms with van der Waals surface area (Å²) in [5.41, 5.74) is 0.210. The molecule has 0 spiro atoms. The molecule has 0 aliphatic carbocycles. The Morgan fingerprint density at radius 3 is 2.17 bits per heavy atom. The fraction of sp³-hybridized carbons (Fsp3) is 0.297. The maximum Gasteiger partial charge on any atom is 0.416 e. The van der Waals surface area contributed by atoms with Crippen LogP contribution in [0, 0.1) is 13.5 Å². The molecule has 2 aliphatic heterocycles. The minimum absolute atomic E-state index is 0.00707. The zero-order chi connectivity index (χ0) is 38.3. The van der Waals surface area contributed by atoms with Gasteiger partial charge in [-0.25, -0.2) is 32.1 Å². The third-order valence-corrected chi connectivity index (χ3v) is 11.1. The van der Waals surface area contributed by atoms with Crippen molar-refractivity contribution >= 4 is 21.8 Å². The molecule has 276 valence electrons. The molecule has 2 bridgehead atoms. The first-order chi connectivity index (χ1) is 25.0. The summed E-state index contributed by atoms with van der Waals surface area (Å²) >= 11 is 0. The number of nitrogens with zero attached hydrogens (tertiary/aromatic N) is 6. The van der Waals surface area contributed by atoms with Gasteiger partial charge < -0.3 is 14.4 Å². The molecule has 2 fully saturated rings. The molecule has 5 aromatic rings. The van der Waals surface area contributed by atoms with Crippen LogP contribution >= 0.6 is 0 Å². The van der Waals surface area contributed by atoms with Gasteiger partial charge in [0.1, 0.15) is 15.8 Å². The number of rotatable bonds is 5. The van der Waals surface area contributed by atoms with Gasteiger partial charge in [-0.1, -0.05) is 36.4 Å². The molecule has 1 N–H and O–H groups in total. The number of piperidine rings is 1. The van der Waals surface area contributed by atoms with E-state index in [1.165, 1.54) is 47.3 Å². The van der Waals surface area contributed by atoms with Crippen molar-refractivity contribution in [1.82, 2.24) is 24.2 Å². The minimum atomic E-state index is -4.61. The van der Waals surface area contributed by atoms with Crippen LogP contribution in [0.1, 0.15) is 36.9 Å². The van der Waals surface area contributed by atoms with Gasteiger partial charge in [-0.15, -0.1) is 0 Å². The average molecular weight is 748 g/mol. The molecular formula is C37H36F3N7O5S. The van der Waals surface area contributed by atoms with Crippen molar-refractivity contribution in [3.05, 3.63) is 124 Å². The number of carbonyl (C=O) groups is 1. The number of carbonyl (C=O) groups excluding carboxylic acids is 1. The number of halogens is 3. The molecule has 2 aromatic heterocycles. The van der Waals surface area contributed by atoms with Gasteiger partial charge in [0, 0.05) is 31.7 Å². The maximum atomic E-state index is 14.0. The Kier molecular flexibility index (Phi) is 9.94. The Morgan fingerprint density at radius 2 is 1.60 bits per heavy atom. The van der Waals surface area contributed by atoms with Crippen molar-refractivity contribution < 1.29 is 35.4 Å². The molecular weight excluding hydrogens is 712 g/mol. The van der Waals surface area contributed by atoms with Crippen LogP contribution in [0.15, 0.2) is 101 Å². The smallest absolute Gasteiger partial charge is 0.416 e. The third-order valence-electron chi connectivity index (χ3n) is 10.2. The first-order valence-corrected chi connectivity index (χ1v) is 18.1. The average Bonchev–Trinajstić information content (AvgIpc) is 3.71. The normalized spacial score (nSPS) is 19.2. The molecule has 7 rings (SSSR count). The van der Waals surface area contributed by atoms with Crippen molar-refractivity contribution in [2.75, 3.05) is 14.1 Å². The molecule has 2 aliphatic rings. The van der Waals surface area contributed by atoms with Gasteiger partial charge >= 0.3 is 17.9 Å². The Balaban J connectivity index is 0.000000417. The zero-order valence-electron chi connectivity index (χ0n) is 29.0. The summed E-state index contributed by atoms with van der Waals surface area (Å²) in [6.07, 6.45) is 0.608. The van der Waals surface area contributed by atoms with E-state index < -0.39 is 33.6 Å². The van der Waals surface area contributed by atoms with Gasteiger partial charge in [0.15, 0.2) is 5.69 Å². The monoisotopic (exact) mass is 747 g/mol. The highest BCUT2D eigenvalue weighted by atomic mass is 32.2. The Labute approximate surface area is 303 Å². The maximum absolute atomic E-state index is 14.0. The van der Waals surface area contributed by atoms with Crippen LogP contribution in [-0.4, -0.2) is 74.6 Å². The molecule has 3 aromatic carbocycles. The highest BCUT2D eigenvalue weighted by Crippen LogP contribution is 2.40. The Bertz CT molecular complexity index is 2340. The second kappa shape index (κ2) is 14.1. The summed E-state index contributed by atoms with van der Waals surface area (Å²) in [5.74, 6) is 0. The summed E-state index contributed by atoms with van der Waals surface area (Å²) in [5, 5.41) is 7.49. The zero-order valence-corrected chi connectivity index (χ0v) is 29.8. The number of alkyl halides is 3. The SMILES string of the molecule is O=S(=O)([O-])c1ccccc1.[C-]#[N+]c1ccc(-n2nccc2-c2c(C)n(-c3cccc(C(F)(F)F)c3)c(=O)n2C(=O)NC2C[C@H]3CC[C@@H](C2)[N+]3(C)C)cc1. The van der Waals surface area contributed by atoms with Gasteiger partial charge in [0.2, 0.25) is 0 Å². The van der Waals surface area contributed by atoms with Gasteiger partial charge in [0.25, 0.3) is 0 Å². The molecule has 1 unspecified atom stereocenters. The van der Waals surface area contributed by atoms with Crippen LogP contribution in [-0.2, 0) is 16.3 Å². The number of amides is 1. The van der Waals surface area contributed by atoms with E-state index in [1.807, 2.05) is 0 Å². The van der Waals surface area contributed by atoms with Crippen molar-refractivity contribution in [2.24, 2.45) is 0 Å². The van der Waals surface area contributed by atoms with Crippen molar-refractivity contribution in [3.63, 3.8) is 0 Å². The lowest BCUT2D eigenvalue weighted by Gasteiger charge is -2.44. The Hall–Kier alpha value is -5.50. The molecule has 4 heterocycles. The van der Waals surface area contributed by atoms with Gasteiger partial charge in [-0.05, 0) is 55.5 Å². The molecule has 12 nitrogen and oxygen atoms in total. The van der Waals surface area contributed by atoms with Crippen molar-refractivity contribution in [1.29, 1.82) is 0 Å². The first kappa shape index (κ1) is 37.3. The standard InChI is InChI=1S/C31H30F3N7O2.C6H6O3S/c1-19-28(27-14-15-36-40(27)23-10-8-21(35-2)9-11-23)39(29(42)37-22-17-25-12-13-26(18-22)41(25,3)4)30(43)38(19)24-7-5-6-20(16-24)31(32,33)34;7-10(8,9)6-4-2-1-3-5-6/h5-11,14-16,22,25-26H,12-13,17-18H2,1,3-4H3;1-5H,(H,7,8,9)/t22?,25-,26+;. The number of hydrogen-bond acceptors (Lipinski definition) is 6. The van der Waals surface area contributed by atoms with E-state index >= 15 is 0 Å². The van der Waals surface area contributed by atoms with E-state index in [9.17, 15) is 35.7 Å². The molecule has 2 saturated heterocycles. The highest BCUT2D eigenvalue weighted by Gasteiger charge is 2.49. The topological polar surface area (TPSA) is 135 Å². The first-order valence-electron chi connectivity index (χ1n) is 16.7. The summed E-state index contributed by atoms with van der Waals surface area (Å²) < 4.78 is 76.3. The van der Waals surface area contributed by atoms with Crippen LogP contribution in [0.5, 0.6) is 0 Å². The van der Waals surface area contributed by atoms with E-state index in [1.54, 1.807) is 43.3 Å². The van der Waals surface area contributed by atoms with E-state index in [4.69, 9.17) is 6.57 Å². The molecule has 1 amide bonds. The number of aromatic nitrogens is 4. The minimum Gasteiger partial charge on any atom is -0.744 e. The van der Waals surface area contributed by atoms with E-state index in [2.05, 4.69) is 29.4 Å². The predicted molar refractivity (Wildman–Crippen MR) is 189 cm³/mol. The lowest BCUT2D eigenvalue weighted by molar-refractivity contribution is -0.930. The van der Waals surface area contributed by atoms with Gasteiger partial charge in [0.05, 0.1) is 72.2 Å². The van der Waals surface area contributed by atoms with Crippen LogP contribution < -0.4 is 11.0 Å². The summed E-state index contributed by atoms with van der Waals surface area (Å²) in [4.78, 5) is 31.3. The number of quaternary nitrogens is 1. The number of fused-ring (bicyclic) bond motifs is 2. The lowest BCUT2D eigenvalue weighted by atomic mass is 9.96. The fourth-order valence-electron chi connectivity index (χ4n) is 7.40. The molecule has 0 saturated carbocycles. The second-order valence-electron chi connectivity index (χ2n) is 13.6. The number of hydrogen-bond donors (Lipinski definition) is 1. The fourth-order valence-corrected chi connectivity index (χ4v) is 7.89. The predicted octanol–water partition coefficient (Wildman–Crippen LogP) is 6.29. The van der Waals surface area contributed by atoms with E-state index in [0.29, 0.717) is 29.2 Å². The largest absolute Gasteiger partial charge is 0.744 e. The van der Waals surface area contributed by atoms with E-state index in [0.717, 1.165) is 51.4 Å². The van der Waals surface area contributed by atoms with Crippen LogP contribution in [0.3, 0.4) is 0 Å². The van der Waals surface area contributed by atoms with Crippen LogP contribution in [0.2, 0.25) is 0 Å². The number of nitrogens with one attached hydrogen (secondary N) is 1. The van der Waals surface area contributed by atoms with Gasteiger partial charge in [-0.3, -0.25) is 4.57 Å². The van der Waals surface area contributed by atoms with Crippen molar-refractivity contribution in [3.8, 4) is 22.8 Å². The highest BCUT2D eigenvalue weighted by molar-refractivity contribution is 7.85. The third kappa shape index (κ3) is 7.41. The lowest BCUT2D eigenvalue weighted by Crippen LogP contribution is -2.59. The molecule has 3 atom stereocenters. The Morgan fingerprint density at radius 1 is 0.962 bits per heavy atom. The summed E-state index contributed by atoms with van der Waals surface area (Å²) in [7, 11) is 0.178. The van der Waals surface area contributed by atoms with Crippen LogP contribution in [0.4, 0.5) is 23.7 Å². The molecule has 16 heteroatoms. The summed E-state index contributed by atoms with van der Waals surface area (Å²) in [6.45, 7) is 8.83. The van der Waals surface area contributed by atoms with Gasteiger partial charge in [-0.2, -0.15) is 18.3 Å². The van der Waals surface area contributed by atoms with Crippen LogP contribution in [0.25, 0.3) is 27.6 Å². The second-order valence-corrected chi connectivity index (χ2v) is 15.0. The quantitative estimate of drug-likeness (QED) is 0.128.